The van der Waals surface area contributed by atoms with Gasteiger partial charge in [0.05, 0.1) is 23.5 Å². The highest BCUT2D eigenvalue weighted by molar-refractivity contribution is 5.96. The molecule has 0 bridgehead atoms. The van der Waals surface area contributed by atoms with Crippen molar-refractivity contribution < 1.29 is 28.2 Å². The molecule has 2 aromatic carbocycles. The van der Waals surface area contributed by atoms with Crippen molar-refractivity contribution in [2.45, 2.75) is 44.8 Å². The summed E-state index contributed by atoms with van der Waals surface area (Å²) in [6.07, 6.45) is 6.39. The molecule has 2 aromatic heterocycles. The zero-order valence-corrected chi connectivity index (χ0v) is 26.7. The molecule has 3 N–H and O–H groups in total. The number of amides is 2. The Labute approximate surface area is 276 Å². The number of rotatable bonds is 9. The number of β-amino-alcohol motifs (C(OH)–C–C–N with tert-alkyl or cyclic N) is 1. The number of aromatic nitrogens is 3. The fourth-order valence-electron chi connectivity index (χ4n) is 6.46. The van der Waals surface area contributed by atoms with Crippen LogP contribution in [-0.4, -0.2) is 92.1 Å². The summed E-state index contributed by atoms with van der Waals surface area (Å²) in [5.41, 5.74) is 1.68. The highest BCUT2D eigenvalue weighted by Crippen LogP contribution is 2.32. The van der Waals surface area contributed by atoms with Gasteiger partial charge in [0.1, 0.15) is 6.07 Å². The molecule has 6 rings (SSSR count). The number of carbonyl (C=O) groups is 2. The van der Waals surface area contributed by atoms with Gasteiger partial charge in [0.15, 0.2) is 29.6 Å². The minimum Gasteiger partial charge on any atom is -0.476 e. The van der Waals surface area contributed by atoms with Crippen LogP contribution in [0.2, 0.25) is 0 Å². The zero-order chi connectivity index (χ0) is 34.0. The van der Waals surface area contributed by atoms with Crippen molar-refractivity contribution in [1.82, 2.24) is 29.5 Å². The van der Waals surface area contributed by atoms with Gasteiger partial charge in [-0.05, 0) is 49.2 Å². The first-order valence-corrected chi connectivity index (χ1v) is 15.8. The summed E-state index contributed by atoms with van der Waals surface area (Å²) in [5.74, 6) is -2.49. The Morgan fingerprint density at radius 1 is 1.15 bits per heavy atom. The first-order chi connectivity index (χ1) is 23.1. The second kappa shape index (κ2) is 13.5. The number of nitriles is 1. The molecule has 250 valence electrons. The molecule has 1 unspecified atom stereocenters. The maximum absolute atomic E-state index is 15.0. The lowest BCUT2D eigenvalue weighted by Gasteiger charge is -2.36. The minimum absolute atomic E-state index is 0.0363. The number of hydrogen-bond acceptors (Lipinski definition) is 9. The number of benzene rings is 2. The van der Waals surface area contributed by atoms with Crippen molar-refractivity contribution in [3.8, 4) is 23.1 Å². The van der Waals surface area contributed by atoms with Crippen LogP contribution in [0.3, 0.4) is 0 Å². The average molecular weight is 659 g/mol. The van der Waals surface area contributed by atoms with Crippen molar-refractivity contribution >= 4 is 29.0 Å². The van der Waals surface area contributed by atoms with E-state index in [2.05, 4.69) is 20.6 Å². The molecule has 0 radical (unpaired) electrons. The van der Waals surface area contributed by atoms with Crippen LogP contribution in [0.25, 0.3) is 16.9 Å². The fourth-order valence-corrected chi connectivity index (χ4v) is 6.46. The second-order valence-corrected chi connectivity index (χ2v) is 12.2. The van der Waals surface area contributed by atoms with Gasteiger partial charge in [-0.25, -0.2) is 14.4 Å². The summed E-state index contributed by atoms with van der Waals surface area (Å²) in [6, 6.07) is 9.25. The summed E-state index contributed by atoms with van der Waals surface area (Å²) >= 11 is 0. The topological polar surface area (TPSA) is 148 Å². The number of ether oxygens (including phenoxy) is 1. The molecule has 4 aromatic rings. The lowest BCUT2D eigenvalue weighted by atomic mass is 9.94. The molecule has 4 heterocycles. The first kappa shape index (κ1) is 32.8. The van der Waals surface area contributed by atoms with E-state index in [0.717, 1.165) is 12.0 Å². The van der Waals surface area contributed by atoms with Gasteiger partial charge in [-0.2, -0.15) is 9.65 Å². The second-order valence-electron chi connectivity index (χ2n) is 12.2. The lowest BCUT2D eigenvalue weighted by molar-refractivity contribution is -0.135. The summed E-state index contributed by atoms with van der Waals surface area (Å²) in [5, 5.41) is 25.7. The van der Waals surface area contributed by atoms with Crippen LogP contribution < -0.4 is 15.4 Å². The van der Waals surface area contributed by atoms with Gasteiger partial charge in [0.25, 0.3) is 5.91 Å². The normalized spacial score (nSPS) is 19.4. The first-order valence-electron chi connectivity index (χ1n) is 15.8. The fraction of sp³-hybridized carbons (Fsp3) is 0.382. The molecular formula is C34H36F2N8O4. The zero-order valence-electron chi connectivity index (χ0n) is 26.7. The van der Waals surface area contributed by atoms with Gasteiger partial charge in [-0.1, -0.05) is 13.3 Å². The van der Waals surface area contributed by atoms with Gasteiger partial charge in [-0.15, -0.1) is 0 Å². The smallest absolute Gasteiger partial charge is 0.254 e. The predicted octanol–water partition coefficient (Wildman–Crippen LogP) is 3.81. The number of hydrogen-bond donors (Lipinski definition) is 3. The van der Waals surface area contributed by atoms with Crippen LogP contribution in [0.4, 0.5) is 20.3 Å². The van der Waals surface area contributed by atoms with Crippen LogP contribution in [-0.2, 0) is 4.79 Å². The Morgan fingerprint density at radius 3 is 2.65 bits per heavy atom. The van der Waals surface area contributed by atoms with E-state index < -0.39 is 29.9 Å². The summed E-state index contributed by atoms with van der Waals surface area (Å²) in [7, 11) is 0. The van der Waals surface area contributed by atoms with Crippen LogP contribution in [0.5, 0.6) is 5.75 Å². The van der Waals surface area contributed by atoms with Crippen molar-refractivity contribution in [2.75, 3.05) is 44.6 Å². The number of imidazole rings is 1. The highest BCUT2D eigenvalue weighted by atomic mass is 19.2. The van der Waals surface area contributed by atoms with E-state index in [1.165, 1.54) is 24.5 Å². The molecule has 2 amide bonds. The van der Waals surface area contributed by atoms with Crippen molar-refractivity contribution in [1.29, 1.82) is 5.26 Å². The van der Waals surface area contributed by atoms with E-state index in [4.69, 9.17) is 10.00 Å². The average Bonchev–Trinajstić information content (AvgIpc) is 3.70. The Kier molecular flexibility index (Phi) is 9.25. The standard InChI is InChI=1S/C34H36F2N8O4/c1-3-8-34(47)18-25(40-20-34)33(46)43-14-12-42(13-15-43)32(45)23-5-4-22(17-21(23)2)41-30-31-39-19-26(44(31)11-10-38-30)24-6-7-27(48-16-9-37)29(36)28(24)35/h4-7,10-11,17,19,25,40,47H,3,8,12-16,18,20H2,1-2H3,(H,38,41)/t25-,34?/m0/s1. The number of aliphatic hydroxyl groups is 1. The molecule has 2 fully saturated rings. The van der Waals surface area contributed by atoms with E-state index in [0.29, 0.717) is 68.3 Å². The summed E-state index contributed by atoms with van der Waals surface area (Å²) in [4.78, 5) is 38.8. The monoisotopic (exact) mass is 658 g/mol. The largest absolute Gasteiger partial charge is 0.476 e. The molecule has 0 spiro atoms. The highest BCUT2D eigenvalue weighted by Gasteiger charge is 2.41. The molecule has 0 saturated carbocycles. The van der Waals surface area contributed by atoms with E-state index in [-0.39, 0.29) is 28.8 Å². The number of aryl methyl sites for hydroxylation is 1. The molecule has 0 aliphatic carbocycles. The Hall–Kier alpha value is -5.13. The van der Waals surface area contributed by atoms with Crippen molar-refractivity contribution in [2.24, 2.45) is 0 Å². The van der Waals surface area contributed by atoms with Crippen molar-refractivity contribution in [3.63, 3.8) is 0 Å². The molecule has 2 atom stereocenters. The third-order valence-corrected chi connectivity index (χ3v) is 8.92. The molecule has 2 aliphatic heterocycles. The summed E-state index contributed by atoms with van der Waals surface area (Å²) < 4.78 is 36.2. The number of halogens is 2. The van der Waals surface area contributed by atoms with E-state index in [9.17, 15) is 19.1 Å². The molecular weight excluding hydrogens is 622 g/mol. The Balaban J connectivity index is 1.11. The molecule has 48 heavy (non-hydrogen) atoms. The number of piperazine rings is 1. The van der Waals surface area contributed by atoms with E-state index in [1.54, 1.807) is 38.6 Å². The van der Waals surface area contributed by atoms with Gasteiger partial charge < -0.3 is 30.3 Å². The third kappa shape index (κ3) is 6.39. The predicted molar refractivity (Wildman–Crippen MR) is 173 cm³/mol. The maximum Gasteiger partial charge on any atom is 0.254 e. The molecule has 2 aliphatic rings. The number of anilines is 2. The van der Waals surface area contributed by atoms with Crippen LogP contribution >= 0.6 is 0 Å². The molecule has 2 saturated heterocycles. The van der Waals surface area contributed by atoms with Gasteiger partial charge >= 0.3 is 0 Å². The molecule has 14 heteroatoms. The number of nitrogens with zero attached hydrogens (tertiary/aromatic N) is 6. The minimum atomic E-state index is -1.20. The van der Waals surface area contributed by atoms with Crippen LogP contribution in [0.15, 0.2) is 48.9 Å². The third-order valence-electron chi connectivity index (χ3n) is 8.92. The lowest BCUT2D eigenvalue weighted by Crippen LogP contribution is -2.54. The van der Waals surface area contributed by atoms with Crippen molar-refractivity contribution in [3.05, 3.63) is 71.7 Å². The number of nitrogens with one attached hydrogen (secondary N) is 2. The van der Waals surface area contributed by atoms with Gasteiger partial charge in [0.2, 0.25) is 11.7 Å². The van der Waals surface area contributed by atoms with Gasteiger partial charge in [0, 0.05) is 68.4 Å². The summed E-state index contributed by atoms with van der Waals surface area (Å²) in [6.45, 7) is 5.50. The SMILES string of the molecule is CCCC1(O)CN[C@H](C(=O)N2CCN(C(=O)c3ccc(Nc4nccn5c(-c6ccc(OCC#N)c(F)c6F)cnc45)cc3C)CC2)C1. The molecule has 12 nitrogen and oxygen atoms in total. The van der Waals surface area contributed by atoms with Crippen LogP contribution in [0, 0.1) is 29.9 Å². The Morgan fingerprint density at radius 2 is 1.92 bits per heavy atom. The number of carbonyl (C=O) groups excluding carboxylic acids is 2. The van der Waals surface area contributed by atoms with Crippen LogP contribution in [0.1, 0.15) is 42.1 Å². The number of fused-ring (bicyclic) bond motifs is 1. The maximum atomic E-state index is 15.0. The Bertz CT molecular complexity index is 1900. The van der Waals surface area contributed by atoms with E-state index >= 15 is 4.39 Å². The van der Waals surface area contributed by atoms with Gasteiger partial charge in [-0.3, -0.25) is 14.0 Å². The van der Waals surface area contributed by atoms with E-state index in [1.807, 2.05) is 19.9 Å². The quantitative estimate of drug-likeness (QED) is 0.244.